The zero-order valence-corrected chi connectivity index (χ0v) is 6.16. The number of carboxylic acid groups (broad SMARTS) is 1. The second kappa shape index (κ2) is 4.11. The summed E-state index contributed by atoms with van der Waals surface area (Å²) in [5, 5.41) is 19.4. The van der Waals surface area contributed by atoms with Gasteiger partial charge in [0, 0.05) is 0 Å². The molecule has 0 aliphatic carbocycles. The van der Waals surface area contributed by atoms with Crippen LogP contribution in [0.4, 0.5) is 4.79 Å². The summed E-state index contributed by atoms with van der Waals surface area (Å²) in [6.07, 6.45) is -1.11. The lowest BCUT2D eigenvalue weighted by Gasteiger charge is -2.16. The van der Waals surface area contributed by atoms with Crippen LogP contribution < -0.4 is 5.32 Å². The molecule has 0 bridgehead atoms. The summed E-state index contributed by atoms with van der Waals surface area (Å²) >= 11 is 0. The maximum absolute atomic E-state index is 10.1. The van der Waals surface area contributed by atoms with Crippen LogP contribution in [0.2, 0.25) is 0 Å². The van der Waals surface area contributed by atoms with Gasteiger partial charge >= 0.3 is 6.09 Å². The van der Waals surface area contributed by atoms with Crippen molar-refractivity contribution >= 4 is 6.09 Å². The minimum atomic E-state index is -1.09. The van der Waals surface area contributed by atoms with Gasteiger partial charge in [0.05, 0.1) is 12.1 Å². The molecule has 2 unspecified atom stereocenters. The SMILES string of the molecule is CCC(NC(=O)O)C(C)O. The van der Waals surface area contributed by atoms with Crippen molar-refractivity contribution in [1.29, 1.82) is 0 Å². The van der Waals surface area contributed by atoms with Crippen LogP contribution in [0.5, 0.6) is 0 Å². The molecule has 0 fully saturated rings. The van der Waals surface area contributed by atoms with E-state index >= 15 is 0 Å². The van der Waals surface area contributed by atoms with Crippen molar-refractivity contribution in [1.82, 2.24) is 5.32 Å². The molecule has 4 heteroatoms. The van der Waals surface area contributed by atoms with Gasteiger partial charge in [-0.25, -0.2) is 4.79 Å². The number of amides is 1. The molecular formula is C6H13NO3. The molecule has 0 aromatic heterocycles. The first-order chi connectivity index (χ1) is 4.57. The Balaban J connectivity index is 3.71. The first-order valence-electron chi connectivity index (χ1n) is 3.25. The van der Waals surface area contributed by atoms with Crippen LogP contribution in [0, 0.1) is 0 Å². The third-order valence-corrected chi connectivity index (χ3v) is 1.33. The van der Waals surface area contributed by atoms with Gasteiger partial charge in [-0.2, -0.15) is 0 Å². The van der Waals surface area contributed by atoms with Crippen molar-refractivity contribution in [3.8, 4) is 0 Å². The molecule has 0 heterocycles. The summed E-state index contributed by atoms with van der Waals surface area (Å²) in [6, 6.07) is -0.350. The van der Waals surface area contributed by atoms with Crippen LogP contribution in [-0.2, 0) is 0 Å². The topological polar surface area (TPSA) is 69.6 Å². The van der Waals surface area contributed by atoms with Gasteiger partial charge in [0.2, 0.25) is 0 Å². The van der Waals surface area contributed by atoms with Crippen LogP contribution in [0.15, 0.2) is 0 Å². The molecule has 0 aliphatic heterocycles. The number of hydrogen-bond acceptors (Lipinski definition) is 2. The van der Waals surface area contributed by atoms with E-state index in [2.05, 4.69) is 5.32 Å². The summed E-state index contributed by atoms with van der Waals surface area (Å²) in [7, 11) is 0. The molecule has 0 aromatic rings. The van der Waals surface area contributed by atoms with E-state index in [0.717, 1.165) is 0 Å². The highest BCUT2D eigenvalue weighted by Crippen LogP contribution is 1.96. The number of rotatable bonds is 3. The van der Waals surface area contributed by atoms with Crippen LogP contribution in [0.1, 0.15) is 20.3 Å². The Morgan fingerprint density at radius 1 is 1.70 bits per heavy atom. The van der Waals surface area contributed by atoms with Crippen molar-refractivity contribution in [2.45, 2.75) is 32.4 Å². The molecular weight excluding hydrogens is 134 g/mol. The minimum absolute atomic E-state index is 0.350. The Kier molecular flexibility index (Phi) is 3.79. The van der Waals surface area contributed by atoms with Crippen LogP contribution >= 0.6 is 0 Å². The number of carbonyl (C=O) groups is 1. The summed E-state index contributed by atoms with van der Waals surface area (Å²) in [5.41, 5.74) is 0. The highest BCUT2D eigenvalue weighted by molar-refractivity contribution is 5.64. The van der Waals surface area contributed by atoms with Gasteiger partial charge in [-0.05, 0) is 13.3 Å². The molecule has 4 nitrogen and oxygen atoms in total. The lowest BCUT2D eigenvalue weighted by Crippen LogP contribution is -2.40. The van der Waals surface area contributed by atoms with E-state index < -0.39 is 12.2 Å². The van der Waals surface area contributed by atoms with Crippen molar-refractivity contribution in [3.05, 3.63) is 0 Å². The zero-order chi connectivity index (χ0) is 8.15. The fraction of sp³-hybridized carbons (Fsp3) is 0.833. The van der Waals surface area contributed by atoms with Gasteiger partial charge in [0.15, 0.2) is 0 Å². The van der Waals surface area contributed by atoms with Crippen molar-refractivity contribution in [2.24, 2.45) is 0 Å². The maximum atomic E-state index is 10.1. The van der Waals surface area contributed by atoms with Gasteiger partial charge in [-0.3, -0.25) is 0 Å². The molecule has 0 saturated carbocycles. The van der Waals surface area contributed by atoms with Crippen molar-refractivity contribution < 1.29 is 15.0 Å². The smallest absolute Gasteiger partial charge is 0.404 e. The van der Waals surface area contributed by atoms with Crippen LogP contribution in [0.25, 0.3) is 0 Å². The number of nitrogens with one attached hydrogen (secondary N) is 1. The average Bonchev–Trinajstić information content (AvgIpc) is 1.81. The van der Waals surface area contributed by atoms with Gasteiger partial charge < -0.3 is 15.5 Å². The normalized spacial score (nSPS) is 15.9. The quantitative estimate of drug-likeness (QED) is 0.541. The minimum Gasteiger partial charge on any atom is -0.465 e. The second-order valence-corrected chi connectivity index (χ2v) is 2.20. The monoisotopic (exact) mass is 147 g/mol. The predicted octanol–water partition coefficient (Wildman–Crippen LogP) is 0.413. The number of aliphatic hydroxyl groups is 1. The van der Waals surface area contributed by atoms with Crippen LogP contribution in [0.3, 0.4) is 0 Å². The molecule has 10 heavy (non-hydrogen) atoms. The van der Waals surface area contributed by atoms with Gasteiger partial charge in [-0.15, -0.1) is 0 Å². The fourth-order valence-corrected chi connectivity index (χ4v) is 0.722. The summed E-state index contributed by atoms with van der Waals surface area (Å²) in [4.78, 5) is 10.1. The van der Waals surface area contributed by atoms with E-state index in [-0.39, 0.29) is 6.04 Å². The van der Waals surface area contributed by atoms with Gasteiger partial charge in [-0.1, -0.05) is 6.92 Å². The highest BCUT2D eigenvalue weighted by Gasteiger charge is 2.13. The Hall–Kier alpha value is -0.770. The molecule has 1 amide bonds. The largest absolute Gasteiger partial charge is 0.465 e. The Bertz CT molecular complexity index is 114. The number of aliphatic hydroxyl groups excluding tert-OH is 1. The van der Waals surface area contributed by atoms with Gasteiger partial charge in [0.1, 0.15) is 0 Å². The van der Waals surface area contributed by atoms with E-state index in [0.29, 0.717) is 6.42 Å². The zero-order valence-electron chi connectivity index (χ0n) is 6.16. The molecule has 3 N–H and O–H groups in total. The molecule has 60 valence electrons. The first-order valence-corrected chi connectivity index (χ1v) is 3.25. The lowest BCUT2D eigenvalue weighted by atomic mass is 10.1. The summed E-state index contributed by atoms with van der Waals surface area (Å²) < 4.78 is 0. The Morgan fingerprint density at radius 2 is 2.20 bits per heavy atom. The third kappa shape index (κ3) is 3.29. The first kappa shape index (κ1) is 9.23. The Morgan fingerprint density at radius 3 is 2.30 bits per heavy atom. The molecule has 0 spiro atoms. The highest BCUT2D eigenvalue weighted by atomic mass is 16.4. The summed E-state index contributed by atoms with van der Waals surface area (Å²) in [6.45, 7) is 3.37. The fourth-order valence-electron chi connectivity index (χ4n) is 0.722. The lowest BCUT2D eigenvalue weighted by molar-refractivity contribution is 0.131. The molecule has 0 rings (SSSR count). The molecule has 0 aliphatic rings. The standard InChI is InChI=1S/C6H13NO3/c1-3-5(4(2)8)7-6(9)10/h4-5,7-8H,3H2,1-2H3,(H,9,10). The van der Waals surface area contributed by atoms with E-state index in [1.54, 1.807) is 6.92 Å². The average molecular weight is 147 g/mol. The Labute approximate surface area is 59.9 Å². The van der Waals surface area contributed by atoms with E-state index in [4.69, 9.17) is 10.2 Å². The van der Waals surface area contributed by atoms with E-state index in [9.17, 15) is 4.79 Å². The third-order valence-electron chi connectivity index (χ3n) is 1.33. The molecule has 0 radical (unpaired) electrons. The molecule has 0 aromatic carbocycles. The van der Waals surface area contributed by atoms with Crippen molar-refractivity contribution in [2.75, 3.05) is 0 Å². The molecule has 2 atom stereocenters. The van der Waals surface area contributed by atoms with Crippen LogP contribution in [-0.4, -0.2) is 28.5 Å². The maximum Gasteiger partial charge on any atom is 0.404 e. The van der Waals surface area contributed by atoms with E-state index in [1.807, 2.05) is 6.92 Å². The second-order valence-electron chi connectivity index (χ2n) is 2.20. The molecule has 0 saturated heterocycles. The summed E-state index contributed by atoms with van der Waals surface area (Å²) in [5.74, 6) is 0. The number of hydrogen-bond donors (Lipinski definition) is 3. The van der Waals surface area contributed by atoms with Gasteiger partial charge in [0.25, 0.3) is 0 Å². The predicted molar refractivity (Wildman–Crippen MR) is 36.9 cm³/mol. The van der Waals surface area contributed by atoms with E-state index in [1.165, 1.54) is 0 Å². The van der Waals surface area contributed by atoms with Crippen molar-refractivity contribution in [3.63, 3.8) is 0 Å².